The van der Waals surface area contributed by atoms with Crippen molar-refractivity contribution >= 4 is 43.2 Å². The van der Waals surface area contributed by atoms with Gasteiger partial charge in [0.05, 0.1) is 26.4 Å². The average Bonchev–Trinajstić information content (AvgIpc) is 2.84. The number of nitrogens with one attached hydrogen (secondary N) is 4. The molecule has 4 N–H and O–H groups in total. The molecule has 0 bridgehead atoms. The number of anilines is 6. The van der Waals surface area contributed by atoms with Gasteiger partial charge in [0.25, 0.3) is 5.95 Å². The monoisotopic (exact) mass is 433 g/mol. The average molecular weight is 433 g/mol. The summed E-state index contributed by atoms with van der Waals surface area (Å²) in [5, 5.41) is 8.73. The van der Waals surface area contributed by atoms with Gasteiger partial charge in [-0.3, -0.25) is 0 Å². The standard InChI is InChI=1S/C15H23BFN12O2/c1-18-10-19-11(22-14(21-10)28-2-6-30-7-3-28)25-16-26-12-20-13(27-17)24-15(23-12)29-4-8-31-9-5-29/h2-9H2,1H3,(H2,18,19,21,22,25)(H2,20,23,24,26,27). The minimum absolute atomic E-state index is 0.153. The number of hydrogen-bond donors (Lipinski definition) is 4. The quantitative estimate of drug-likeness (QED) is 0.301. The lowest BCUT2D eigenvalue weighted by atomic mass is 10.2. The minimum Gasteiger partial charge on any atom is -0.381 e. The summed E-state index contributed by atoms with van der Waals surface area (Å²) in [6, 6.07) is 0. The Bertz CT molecular complexity index is 798. The van der Waals surface area contributed by atoms with Gasteiger partial charge in [-0.1, -0.05) is 0 Å². The van der Waals surface area contributed by atoms with E-state index in [2.05, 4.69) is 45.7 Å². The van der Waals surface area contributed by atoms with Crippen molar-refractivity contribution in [3.05, 3.63) is 0 Å². The summed E-state index contributed by atoms with van der Waals surface area (Å²) in [6.07, 6.45) is 0. The van der Waals surface area contributed by atoms with Crippen molar-refractivity contribution in [3.63, 3.8) is 0 Å². The first kappa shape index (κ1) is 21.0. The van der Waals surface area contributed by atoms with Crippen molar-refractivity contribution in [2.75, 3.05) is 90.8 Å². The van der Waals surface area contributed by atoms with Crippen molar-refractivity contribution < 1.29 is 14.0 Å². The van der Waals surface area contributed by atoms with Crippen LogP contribution in [0.4, 0.5) is 40.2 Å². The summed E-state index contributed by atoms with van der Waals surface area (Å²) in [4.78, 5) is 29.4. The summed E-state index contributed by atoms with van der Waals surface area (Å²) >= 11 is 0. The third kappa shape index (κ3) is 5.46. The summed E-state index contributed by atoms with van der Waals surface area (Å²) in [5.74, 6) is 1.59. The number of hydrogen-bond acceptors (Lipinski definition) is 14. The molecule has 0 aliphatic carbocycles. The molecule has 2 aromatic rings. The third-order valence-electron chi connectivity index (χ3n) is 4.55. The second kappa shape index (κ2) is 10.2. The molecule has 2 aliphatic heterocycles. The Morgan fingerprint density at radius 3 is 1.65 bits per heavy atom. The van der Waals surface area contributed by atoms with E-state index >= 15 is 0 Å². The Hall–Kier alpha value is -3.27. The van der Waals surface area contributed by atoms with Crippen molar-refractivity contribution in [2.45, 2.75) is 0 Å². The van der Waals surface area contributed by atoms with Crippen LogP contribution in [0, 0.1) is 0 Å². The van der Waals surface area contributed by atoms with Crippen LogP contribution in [0.2, 0.25) is 0 Å². The van der Waals surface area contributed by atoms with E-state index in [1.165, 1.54) is 13.1 Å². The largest absolute Gasteiger partial charge is 0.390 e. The molecule has 2 aliphatic rings. The third-order valence-corrected chi connectivity index (χ3v) is 4.55. The van der Waals surface area contributed by atoms with E-state index in [1.54, 1.807) is 7.05 Å². The Morgan fingerprint density at radius 1 is 0.710 bits per heavy atom. The molecule has 4 rings (SSSR count). The predicted octanol–water partition coefficient (Wildman–Crippen LogP) is -0.874. The zero-order valence-electron chi connectivity index (χ0n) is 17.0. The van der Waals surface area contributed by atoms with Crippen molar-refractivity contribution in [1.82, 2.24) is 29.9 Å². The highest BCUT2D eigenvalue weighted by Crippen LogP contribution is 2.16. The van der Waals surface area contributed by atoms with E-state index in [1.807, 2.05) is 9.80 Å². The minimum atomic E-state index is -0.195. The zero-order valence-corrected chi connectivity index (χ0v) is 17.0. The van der Waals surface area contributed by atoms with Gasteiger partial charge in [0.15, 0.2) is 0 Å². The highest BCUT2D eigenvalue weighted by molar-refractivity contribution is 6.44. The van der Waals surface area contributed by atoms with E-state index in [-0.39, 0.29) is 11.9 Å². The van der Waals surface area contributed by atoms with E-state index < -0.39 is 0 Å². The number of aromatic nitrogens is 6. The fraction of sp³-hybridized carbons (Fsp3) is 0.600. The maximum Gasteiger partial charge on any atom is 0.390 e. The fourth-order valence-corrected chi connectivity index (χ4v) is 2.99. The smallest absolute Gasteiger partial charge is 0.381 e. The molecule has 1 radical (unpaired) electrons. The van der Waals surface area contributed by atoms with Crippen LogP contribution in [-0.2, 0) is 9.47 Å². The van der Waals surface area contributed by atoms with Gasteiger partial charge in [0, 0.05) is 33.2 Å². The molecular formula is C15H23BFN12O2. The first-order valence-electron chi connectivity index (χ1n) is 9.82. The van der Waals surface area contributed by atoms with Gasteiger partial charge in [0.2, 0.25) is 29.7 Å². The number of rotatable bonds is 8. The van der Waals surface area contributed by atoms with Crippen LogP contribution in [0.5, 0.6) is 0 Å². The van der Waals surface area contributed by atoms with Gasteiger partial charge in [0.1, 0.15) is 0 Å². The molecule has 0 unspecified atom stereocenters. The lowest BCUT2D eigenvalue weighted by Crippen LogP contribution is -2.38. The zero-order chi connectivity index (χ0) is 21.5. The van der Waals surface area contributed by atoms with Crippen molar-refractivity contribution in [3.8, 4) is 0 Å². The predicted molar refractivity (Wildman–Crippen MR) is 113 cm³/mol. The van der Waals surface area contributed by atoms with Crippen LogP contribution in [0.15, 0.2) is 0 Å². The van der Waals surface area contributed by atoms with Crippen LogP contribution in [0.25, 0.3) is 0 Å². The maximum atomic E-state index is 13.0. The van der Waals surface area contributed by atoms with Crippen LogP contribution < -0.4 is 31.1 Å². The summed E-state index contributed by atoms with van der Waals surface area (Å²) in [6.45, 7) is 4.96. The molecule has 2 saturated heterocycles. The Morgan fingerprint density at radius 2 is 1.16 bits per heavy atom. The van der Waals surface area contributed by atoms with E-state index in [4.69, 9.17) is 9.47 Å². The molecule has 2 fully saturated rings. The van der Waals surface area contributed by atoms with Gasteiger partial charge < -0.3 is 35.0 Å². The lowest BCUT2D eigenvalue weighted by molar-refractivity contribution is 0.122. The van der Waals surface area contributed by atoms with Gasteiger partial charge in [-0.2, -0.15) is 35.4 Å². The molecule has 0 amide bonds. The SMILES string of the molecule is CNc1nc(N[B]Nc2nc(NF)nc(N3CCOCC3)n2)nc(N2CCOCC2)n1. The molecule has 0 atom stereocenters. The van der Waals surface area contributed by atoms with Gasteiger partial charge >= 0.3 is 7.55 Å². The van der Waals surface area contributed by atoms with E-state index in [0.717, 1.165) is 0 Å². The maximum absolute atomic E-state index is 13.0. The Kier molecular flexibility index (Phi) is 6.88. The molecule has 0 spiro atoms. The molecule has 0 aromatic carbocycles. The first-order valence-corrected chi connectivity index (χ1v) is 9.82. The Balaban J connectivity index is 1.42. The van der Waals surface area contributed by atoms with Crippen molar-refractivity contribution in [2.24, 2.45) is 0 Å². The first-order chi connectivity index (χ1) is 15.2. The van der Waals surface area contributed by atoms with E-state index in [9.17, 15) is 4.48 Å². The van der Waals surface area contributed by atoms with Crippen LogP contribution in [0.1, 0.15) is 0 Å². The summed E-state index contributed by atoms with van der Waals surface area (Å²) in [7, 11) is 3.19. The Labute approximate surface area is 178 Å². The molecule has 0 saturated carbocycles. The van der Waals surface area contributed by atoms with Crippen LogP contribution in [0.3, 0.4) is 0 Å². The second-order valence-electron chi connectivity index (χ2n) is 6.54. The van der Waals surface area contributed by atoms with Gasteiger partial charge in [-0.25, -0.2) is 0 Å². The molecular weight excluding hydrogens is 410 g/mol. The number of morpholine rings is 2. The molecule has 14 nitrogen and oxygen atoms in total. The van der Waals surface area contributed by atoms with Gasteiger partial charge in [-0.15, -0.1) is 4.48 Å². The molecule has 165 valence electrons. The van der Waals surface area contributed by atoms with E-state index in [0.29, 0.717) is 76.4 Å². The number of halogens is 1. The van der Waals surface area contributed by atoms with Gasteiger partial charge in [-0.05, 0) is 0 Å². The normalized spacial score (nSPS) is 16.6. The van der Waals surface area contributed by atoms with Crippen LogP contribution in [-0.4, -0.2) is 97.1 Å². The number of ether oxygens (including phenoxy) is 2. The fourth-order valence-electron chi connectivity index (χ4n) is 2.99. The topological polar surface area (TPSA) is 150 Å². The summed E-state index contributed by atoms with van der Waals surface area (Å²) in [5.41, 5.74) is 1.46. The highest BCUT2D eigenvalue weighted by atomic mass is 19.2. The van der Waals surface area contributed by atoms with Crippen molar-refractivity contribution in [1.29, 1.82) is 0 Å². The number of nitrogens with zero attached hydrogens (tertiary/aromatic N) is 8. The summed E-state index contributed by atoms with van der Waals surface area (Å²) < 4.78 is 23.7. The lowest BCUT2D eigenvalue weighted by Gasteiger charge is -2.27. The molecule has 16 heteroatoms. The molecule has 31 heavy (non-hydrogen) atoms. The van der Waals surface area contributed by atoms with Crippen LogP contribution >= 0.6 is 0 Å². The molecule has 4 heterocycles. The molecule has 2 aromatic heterocycles. The second-order valence-corrected chi connectivity index (χ2v) is 6.54. The highest BCUT2D eigenvalue weighted by Gasteiger charge is 2.18.